The Hall–Kier alpha value is -2.69. The number of nitrogens with zero attached hydrogens (tertiary/aromatic N) is 4. The van der Waals surface area contributed by atoms with Crippen LogP contribution >= 0.6 is 0 Å². The summed E-state index contributed by atoms with van der Waals surface area (Å²) in [4.78, 5) is 19.8. The van der Waals surface area contributed by atoms with Gasteiger partial charge in [0.15, 0.2) is 5.65 Å². The molecule has 0 spiro atoms. The quantitative estimate of drug-likeness (QED) is 0.710. The highest BCUT2D eigenvalue weighted by atomic mass is 16.2. The zero-order chi connectivity index (χ0) is 18.1. The summed E-state index contributed by atoms with van der Waals surface area (Å²) in [5, 5.41) is 5.24. The molecule has 3 aromatic rings. The maximum atomic E-state index is 13.4. The van der Waals surface area contributed by atoms with Gasteiger partial charge in [0.25, 0.3) is 5.91 Å². The molecule has 5 heteroatoms. The molecular weight excluding hydrogens is 312 g/mol. The molecule has 0 aliphatic carbocycles. The van der Waals surface area contributed by atoms with Gasteiger partial charge >= 0.3 is 0 Å². The average molecular weight is 336 g/mol. The smallest absolute Gasteiger partial charge is 0.259 e. The van der Waals surface area contributed by atoms with Crippen LogP contribution in [-0.4, -0.2) is 26.7 Å². The third kappa shape index (κ3) is 3.14. The number of aryl methyl sites for hydroxylation is 1. The first-order valence-corrected chi connectivity index (χ1v) is 8.63. The van der Waals surface area contributed by atoms with Gasteiger partial charge in [0.1, 0.15) is 0 Å². The van der Waals surface area contributed by atoms with Crippen LogP contribution in [0.3, 0.4) is 0 Å². The molecule has 0 bridgehead atoms. The van der Waals surface area contributed by atoms with Crippen LogP contribution in [0.15, 0.2) is 42.6 Å². The molecule has 5 nitrogen and oxygen atoms in total. The number of carbonyl (C=O) groups is 1. The first-order valence-electron chi connectivity index (χ1n) is 8.63. The highest BCUT2D eigenvalue weighted by Gasteiger charge is 2.24. The van der Waals surface area contributed by atoms with Gasteiger partial charge in [0.2, 0.25) is 0 Å². The lowest BCUT2D eigenvalue weighted by atomic mass is 10.1. The zero-order valence-corrected chi connectivity index (χ0v) is 15.4. The topological polar surface area (TPSA) is 51.0 Å². The van der Waals surface area contributed by atoms with E-state index in [1.54, 1.807) is 6.20 Å². The second-order valence-corrected chi connectivity index (χ2v) is 6.84. The SMILES string of the molecule is Cc1cc(C(=O)N(c2ccccc2)C(C)C)c2cnn(C(C)C)c2n1. The highest BCUT2D eigenvalue weighted by molar-refractivity contribution is 6.13. The van der Waals surface area contributed by atoms with E-state index in [-0.39, 0.29) is 18.0 Å². The maximum absolute atomic E-state index is 13.4. The molecule has 0 aliphatic rings. The van der Waals surface area contributed by atoms with Gasteiger partial charge < -0.3 is 4.90 Å². The van der Waals surface area contributed by atoms with Crippen LogP contribution in [0.25, 0.3) is 11.0 Å². The average Bonchev–Trinajstić information content (AvgIpc) is 2.98. The number of benzene rings is 1. The number of hydrogen-bond donors (Lipinski definition) is 0. The van der Waals surface area contributed by atoms with Crippen molar-refractivity contribution in [3.63, 3.8) is 0 Å². The molecule has 0 radical (unpaired) electrons. The Balaban J connectivity index is 2.16. The van der Waals surface area contributed by atoms with Crippen molar-refractivity contribution in [3.8, 4) is 0 Å². The zero-order valence-electron chi connectivity index (χ0n) is 15.4. The highest BCUT2D eigenvalue weighted by Crippen LogP contribution is 2.25. The van der Waals surface area contributed by atoms with Crippen LogP contribution in [-0.2, 0) is 0 Å². The minimum absolute atomic E-state index is 0.0278. The van der Waals surface area contributed by atoms with Gasteiger partial charge in [-0.2, -0.15) is 5.10 Å². The lowest BCUT2D eigenvalue weighted by molar-refractivity contribution is 0.0981. The standard InChI is InChI=1S/C20H24N4O/c1-13(2)23(16-9-7-6-8-10-16)20(25)17-11-15(5)22-19-18(17)12-21-24(19)14(3)4/h6-14H,1-5H3. The van der Waals surface area contributed by atoms with E-state index in [1.807, 2.05) is 66.8 Å². The molecule has 1 aromatic carbocycles. The first kappa shape index (κ1) is 17.1. The van der Waals surface area contributed by atoms with Crippen molar-refractivity contribution >= 4 is 22.6 Å². The lowest BCUT2D eigenvalue weighted by Gasteiger charge is -2.27. The van der Waals surface area contributed by atoms with Crippen molar-refractivity contribution < 1.29 is 4.79 Å². The monoisotopic (exact) mass is 336 g/mol. The number of rotatable bonds is 4. The van der Waals surface area contributed by atoms with Crippen molar-refractivity contribution in [2.75, 3.05) is 4.90 Å². The number of pyridine rings is 1. The molecule has 0 fully saturated rings. The number of aromatic nitrogens is 3. The molecule has 0 aliphatic heterocycles. The molecule has 130 valence electrons. The van der Waals surface area contributed by atoms with Crippen molar-refractivity contribution in [1.82, 2.24) is 14.8 Å². The van der Waals surface area contributed by atoms with Gasteiger partial charge in [0.05, 0.1) is 17.1 Å². The molecule has 0 saturated heterocycles. The molecule has 1 amide bonds. The fraction of sp³-hybridized carbons (Fsp3) is 0.350. The summed E-state index contributed by atoms with van der Waals surface area (Å²) < 4.78 is 1.86. The van der Waals surface area contributed by atoms with Gasteiger partial charge in [-0.15, -0.1) is 0 Å². The van der Waals surface area contributed by atoms with Crippen molar-refractivity contribution in [2.45, 2.75) is 46.7 Å². The minimum Gasteiger partial charge on any atom is -0.306 e. The summed E-state index contributed by atoms with van der Waals surface area (Å²) >= 11 is 0. The van der Waals surface area contributed by atoms with E-state index >= 15 is 0 Å². The molecule has 0 atom stereocenters. The summed E-state index contributed by atoms with van der Waals surface area (Å²) in [5.74, 6) is -0.0278. The Bertz CT molecular complexity index is 897. The number of fused-ring (bicyclic) bond motifs is 1. The molecule has 0 saturated carbocycles. The van der Waals surface area contributed by atoms with Crippen molar-refractivity contribution in [3.05, 3.63) is 53.9 Å². The third-order valence-corrected chi connectivity index (χ3v) is 4.18. The summed E-state index contributed by atoms with van der Waals surface area (Å²) in [7, 11) is 0. The Morgan fingerprint density at radius 1 is 1.12 bits per heavy atom. The number of anilines is 1. The Kier molecular flexibility index (Phi) is 4.57. The molecule has 25 heavy (non-hydrogen) atoms. The fourth-order valence-electron chi connectivity index (χ4n) is 3.07. The number of hydrogen-bond acceptors (Lipinski definition) is 3. The molecule has 2 heterocycles. The van der Waals surface area contributed by atoms with Crippen LogP contribution in [0.1, 0.15) is 49.8 Å². The number of amides is 1. The van der Waals surface area contributed by atoms with Gasteiger partial charge in [-0.3, -0.25) is 4.79 Å². The molecule has 3 rings (SSSR count). The lowest BCUT2D eigenvalue weighted by Crippen LogP contribution is -2.37. The van der Waals surface area contributed by atoms with E-state index in [4.69, 9.17) is 0 Å². The minimum atomic E-state index is -0.0278. The van der Waals surface area contributed by atoms with E-state index in [0.29, 0.717) is 5.56 Å². The largest absolute Gasteiger partial charge is 0.306 e. The van der Waals surface area contributed by atoms with Crippen LogP contribution in [0.5, 0.6) is 0 Å². The Morgan fingerprint density at radius 2 is 1.80 bits per heavy atom. The predicted octanol–water partition coefficient (Wildman–Crippen LogP) is 4.38. The van der Waals surface area contributed by atoms with Crippen LogP contribution < -0.4 is 4.90 Å². The molecule has 0 unspecified atom stereocenters. The third-order valence-electron chi connectivity index (χ3n) is 4.18. The summed E-state index contributed by atoms with van der Waals surface area (Å²) in [6.07, 6.45) is 1.75. The summed E-state index contributed by atoms with van der Waals surface area (Å²) in [6.45, 7) is 10.1. The van der Waals surface area contributed by atoms with Gasteiger partial charge in [-0.05, 0) is 52.8 Å². The van der Waals surface area contributed by atoms with Crippen molar-refractivity contribution in [2.24, 2.45) is 0 Å². The number of carbonyl (C=O) groups excluding carboxylic acids is 1. The second kappa shape index (κ2) is 6.67. The van der Waals surface area contributed by atoms with Crippen LogP contribution in [0.2, 0.25) is 0 Å². The fourth-order valence-corrected chi connectivity index (χ4v) is 3.07. The van der Waals surface area contributed by atoms with E-state index in [2.05, 4.69) is 23.9 Å². The molecule has 2 aromatic heterocycles. The van der Waals surface area contributed by atoms with Gasteiger partial charge in [0, 0.05) is 23.5 Å². The van der Waals surface area contributed by atoms with E-state index in [9.17, 15) is 4.79 Å². The van der Waals surface area contributed by atoms with Gasteiger partial charge in [-0.25, -0.2) is 9.67 Å². The summed E-state index contributed by atoms with van der Waals surface area (Å²) in [6, 6.07) is 11.8. The van der Waals surface area contributed by atoms with Gasteiger partial charge in [-0.1, -0.05) is 18.2 Å². The van der Waals surface area contributed by atoms with E-state index in [1.165, 1.54) is 0 Å². The molecular formula is C20H24N4O. The summed E-state index contributed by atoms with van der Waals surface area (Å²) in [5.41, 5.74) is 3.11. The van der Waals surface area contributed by atoms with Crippen molar-refractivity contribution in [1.29, 1.82) is 0 Å². The van der Waals surface area contributed by atoms with Crippen LogP contribution in [0.4, 0.5) is 5.69 Å². The number of para-hydroxylation sites is 1. The van der Waals surface area contributed by atoms with E-state index in [0.717, 1.165) is 22.4 Å². The molecule has 0 N–H and O–H groups in total. The first-order chi connectivity index (χ1) is 11.9. The van der Waals surface area contributed by atoms with E-state index < -0.39 is 0 Å². The van der Waals surface area contributed by atoms with Crippen LogP contribution in [0, 0.1) is 6.92 Å². The predicted molar refractivity (Wildman–Crippen MR) is 101 cm³/mol. The Labute approximate surface area is 148 Å². The maximum Gasteiger partial charge on any atom is 0.259 e. The Morgan fingerprint density at radius 3 is 2.40 bits per heavy atom. The normalized spacial score (nSPS) is 11.5. The second-order valence-electron chi connectivity index (χ2n) is 6.84.